The van der Waals surface area contributed by atoms with E-state index in [2.05, 4.69) is 5.43 Å². The zero-order valence-electron chi connectivity index (χ0n) is 29.6. The molecule has 1 saturated carbocycles. The van der Waals surface area contributed by atoms with Crippen molar-refractivity contribution < 1.29 is 43.7 Å². The van der Waals surface area contributed by atoms with E-state index in [9.17, 15) is 24.3 Å². The van der Waals surface area contributed by atoms with Gasteiger partial charge < -0.3 is 19.7 Å². The number of phenols is 1. The fourth-order valence-corrected chi connectivity index (χ4v) is 9.59. The lowest BCUT2D eigenvalue weighted by Crippen LogP contribution is -2.53. The van der Waals surface area contributed by atoms with E-state index in [0.29, 0.717) is 41.2 Å². The topological polar surface area (TPSA) is 163 Å². The average Bonchev–Trinajstić information content (AvgIpc) is 3.52. The largest absolute Gasteiger partial charge is 0.508 e. The highest BCUT2D eigenvalue weighted by molar-refractivity contribution is 6.36. The van der Waals surface area contributed by atoms with E-state index in [0.717, 1.165) is 10.6 Å². The van der Waals surface area contributed by atoms with Crippen LogP contribution in [0.2, 0.25) is 10.0 Å². The van der Waals surface area contributed by atoms with Crippen molar-refractivity contribution in [2.24, 2.45) is 23.7 Å². The van der Waals surface area contributed by atoms with E-state index in [-0.39, 0.29) is 59.8 Å². The van der Waals surface area contributed by atoms with Crippen molar-refractivity contribution >= 4 is 58.5 Å². The van der Waals surface area contributed by atoms with Crippen LogP contribution in [0, 0.1) is 23.7 Å². The highest BCUT2D eigenvalue weighted by Crippen LogP contribution is 2.65. The van der Waals surface area contributed by atoms with Crippen molar-refractivity contribution in [1.29, 1.82) is 0 Å². The second kappa shape index (κ2) is 14.6. The molecule has 3 aromatic rings. The molecule has 3 aromatic carbocycles. The number of phenolic OH excluding ortho intramolecular Hbond substituents is 1. The number of allylic oxidation sites excluding steroid dienone is 2. The van der Waals surface area contributed by atoms with Crippen LogP contribution in [0.15, 0.2) is 72.3 Å². The average molecular weight is 777 g/mol. The van der Waals surface area contributed by atoms with Crippen molar-refractivity contribution in [3.05, 3.63) is 93.5 Å². The van der Waals surface area contributed by atoms with Gasteiger partial charge in [0.05, 0.1) is 48.1 Å². The molecule has 4 aliphatic rings. The van der Waals surface area contributed by atoms with E-state index in [1.54, 1.807) is 42.5 Å². The Hall–Kier alpha value is -5.07. The number of methoxy groups -OCH3 is 2. The van der Waals surface area contributed by atoms with Gasteiger partial charge in [-0.2, -0.15) is 5.01 Å². The molecule has 2 aliphatic heterocycles. The summed E-state index contributed by atoms with van der Waals surface area (Å²) in [6.45, 7) is 0.164. The first-order chi connectivity index (χ1) is 25.9. The fourth-order valence-electron chi connectivity index (χ4n) is 9.13. The quantitative estimate of drug-likeness (QED) is 0.107. The van der Waals surface area contributed by atoms with Crippen molar-refractivity contribution in [2.75, 3.05) is 26.2 Å². The van der Waals surface area contributed by atoms with E-state index in [1.165, 1.54) is 37.3 Å². The Kier molecular flexibility index (Phi) is 10.1. The highest BCUT2D eigenvalue weighted by atomic mass is 35.5. The number of hydrogen-bond acceptors (Lipinski definition) is 9. The number of carbonyl (C=O) groups is 5. The molecule has 2 aliphatic carbocycles. The summed E-state index contributed by atoms with van der Waals surface area (Å²) in [5.74, 6) is -5.86. The number of rotatable bonds is 12. The van der Waals surface area contributed by atoms with Gasteiger partial charge in [0, 0.05) is 35.5 Å². The Morgan fingerprint density at radius 2 is 1.67 bits per heavy atom. The molecule has 12 nitrogen and oxygen atoms in total. The number of anilines is 1. The van der Waals surface area contributed by atoms with Crippen molar-refractivity contribution in [1.82, 2.24) is 9.91 Å². The molecule has 0 radical (unpaired) electrons. The zero-order chi connectivity index (χ0) is 38.5. The number of likely N-dealkylation sites (tertiary alicyclic amines) is 1. The van der Waals surface area contributed by atoms with Gasteiger partial charge in [-0.3, -0.25) is 34.3 Å². The first-order valence-electron chi connectivity index (χ1n) is 17.8. The van der Waals surface area contributed by atoms with E-state index < -0.39 is 52.8 Å². The molecule has 0 aromatic heterocycles. The summed E-state index contributed by atoms with van der Waals surface area (Å²) in [7, 11) is 2.98. The Balaban J connectivity index is 1.38. The van der Waals surface area contributed by atoms with Crippen LogP contribution < -0.4 is 14.9 Å². The molecule has 14 heteroatoms. The first kappa shape index (κ1) is 37.3. The summed E-state index contributed by atoms with van der Waals surface area (Å²) in [5, 5.41) is 21.1. The zero-order valence-corrected chi connectivity index (χ0v) is 31.1. The minimum atomic E-state index is -1.59. The Bertz CT molecular complexity index is 2070. The van der Waals surface area contributed by atoms with Gasteiger partial charge in [-0.15, -0.1) is 0 Å². The number of carboxylic acids is 1. The summed E-state index contributed by atoms with van der Waals surface area (Å²) < 4.78 is 11.3. The number of nitrogens with one attached hydrogen (secondary N) is 1. The third-order valence-electron chi connectivity index (χ3n) is 11.5. The van der Waals surface area contributed by atoms with Crippen molar-refractivity contribution in [3.8, 4) is 17.2 Å². The van der Waals surface area contributed by atoms with Gasteiger partial charge in [0.2, 0.25) is 11.8 Å². The van der Waals surface area contributed by atoms with E-state index in [4.69, 9.17) is 37.8 Å². The molecule has 282 valence electrons. The maximum Gasteiger partial charge on any atom is 0.303 e. The first-order valence-corrected chi connectivity index (χ1v) is 18.6. The predicted molar refractivity (Wildman–Crippen MR) is 198 cm³/mol. The predicted octanol–water partition coefficient (Wildman–Crippen LogP) is 6.35. The van der Waals surface area contributed by atoms with Crippen LogP contribution in [0.4, 0.5) is 5.69 Å². The molecular formula is C40H39Cl2N3O9. The molecule has 54 heavy (non-hydrogen) atoms. The Morgan fingerprint density at radius 3 is 2.35 bits per heavy atom. The molecule has 2 heterocycles. The lowest BCUT2D eigenvalue weighted by Gasteiger charge is -2.50. The van der Waals surface area contributed by atoms with Gasteiger partial charge in [-0.1, -0.05) is 59.5 Å². The van der Waals surface area contributed by atoms with Gasteiger partial charge in [-0.05, 0) is 73.6 Å². The van der Waals surface area contributed by atoms with Crippen LogP contribution >= 0.6 is 23.2 Å². The standard InChI is InChI=1S/C40H39Cl2N3O9/c1-53-24-11-7-21(8-12-24)40-29(37(50)45(39(40)52)43-31-16-9-22(41)18-30(31)42)20-28-25(35(40)26-13-10-23(46)19-32(26)54-2)14-15-27-34(28)38(51)44(36(27)49)17-5-3-4-6-33(47)48/h7-14,16,18-19,27-29,34-35,43,46H,3-6,15,17,20H2,1-2H3,(H,47,48). The number of hydrazine groups is 1. The second-order valence-electron chi connectivity index (χ2n) is 14.2. The molecule has 7 rings (SSSR count). The normalized spacial score (nSPS) is 25.9. The smallest absolute Gasteiger partial charge is 0.303 e. The van der Waals surface area contributed by atoms with Crippen LogP contribution in [0.1, 0.15) is 55.6 Å². The molecule has 4 amide bonds. The van der Waals surface area contributed by atoms with E-state index >= 15 is 4.79 Å². The van der Waals surface area contributed by atoms with Gasteiger partial charge in [-0.25, -0.2) is 0 Å². The van der Waals surface area contributed by atoms with Crippen LogP contribution in [0.3, 0.4) is 0 Å². The Labute approximate surface area is 321 Å². The molecule has 6 atom stereocenters. The number of aliphatic carboxylic acids is 1. The van der Waals surface area contributed by atoms with Gasteiger partial charge in [0.25, 0.3) is 11.8 Å². The number of nitrogens with zero attached hydrogens (tertiary/aromatic N) is 2. The highest BCUT2D eigenvalue weighted by Gasteiger charge is 2.70. The number of carboxylic acid groups (broad SMARTS) is 1. The molecule has 6 unspecified atom stereocenters. The third-order valence-corrected chi connectivity index (χ3v) is 12.0. The summed E-state index contributed by atoms with van der Waals surface area (Å²) >= 11 is 12.7. The second-order valence-corrected chi connectivity index (χ2v) is 15.0. The summed E-state index contributed by atoms with van der Waals surface area (Å²) in [6.07, 6.45) is 3.70. The number of amides is 4. The maximum atomic E-state index is 15.4. The SMILES string of the molecule is COc1ccc(C23C(=O)N(Nc4ccc(Cl)cc4Cl)C(=O)C2CC2C(=CCC4C(=O)N(CCCCCC(=O)O)C(=O)C42)C3c2ccc(O)cc2OC)cc1. The van der Waals surface area contributed by atoms with Crippen LogP contribution in [-0.4, -0.2) is 70.5 Å². The minimum absolute atomic E-state index is 0.00475. The number of fused-ring (bicyclic) bond motifs is 4. The monoisotopic (exact) mass is 775 g/mol. The van der Waals surface area contributed by atoms with Gasteiger partial charge in [0.1, 0.15) is 17.2 Å². The maximum absolute atomic E-state index is 15.4. The summed E-state index contributed by atoms with van der Waals surface area (Å²) in [5.41, 5.74) is 3.42. The number of imide groups is 2. The number of unbranched alkanes of at least 4 members (excludes halogenated alkanes) is 2. The number of carbonyl (C=O) groups excluding carboxylic acids is 4. The molecule has 0 spiro atoms. The lowest BCUT2D eigenvalue weighted by molar-refractivity contribution is -0.141. The number of ether oxygens (including phenoxy) is 2. The van der Waals surface area contributed by atoms with Crippen molar-refractivity contribution in [2.45, 2.75) is 49.9 Å². The Morgan fingerprint density at radius 1 is 0.907 bits per heavy atom. The summed E-state index contributed by atoms with van der Waals surface area (Å²) in [6, 6.07) is 16.2. The fraction of sp³-hybridized carbons (Fsp3) is 0.375. The van der Waals surface area contributed by atoms with Crippen LogP contribution in [0.25, 0.3) is 0 Å². The molecule has 3 fully saturated rings. The number of hydrogen-bond donors (Lipinski definition) is 3. The molecule has 3 N–H and O–H groups in total. The van der Waals surface area contributed by atoms with Crippen molar-refractivity contribution in [3.63, 3.8) is 0 Å². The van der Waals surface area contributed by atoms with Gasteiger partial charge >= 0.3 is 5.97 Å². The van der Waals surface area contributed by atoms with E-state index in [1.807, 2.05) is 6.08 Å². The minimum Gasteiger partial charge on any atom is -0.508 e. The molecule has 0 bridgehead atoms. The lowest BCUT2D eigenvalue weighted by atomic mass is 9.49. The van der Waals surface area contributed by atoms with Gasteiger partial charge in [0.15, 0.2) is 0 Å². The third kappa shape index (κ3) is 6.05. The number of halogens is 2. The van der Waals surface area contributed by atoms with Crippen LogP contribution in [0.5, 0.6) is 17.2 Å². The molecular weight excluding hydrogens is 737 g/mol. The molecule has 2 saturated heterocycles. The summed E-state index contributed by atoms with van der Waals surface area (Å²) in [4.78, 5) is 70.8. The number of aromatic hydroxyl groups is 1. The van der Waals surface area contributed by atoms with Crippen LogP contribution in [-0.2, 0) is 29.4 Å². The number of benzene rings is 3.